The molecule has 2 fully saturated rings. The van der Waals surface area contributed by atoms with Crippen molar-refractivity contribution < 1.29 is 23.5 Å². The van der Waals surface area contributed by atoms with E-state index in [1.807, 2.05) is 23.8 Å². The molecule has 3 aliphatic rings. The van der Waals surface area contributed by atoms with Gasteiger partial charge in [0.15, 0.2) is 5.60 Å². The molecule has 0 amide bonds. The van der Waals surface area contributed by atoms with Crippen molar-refractivity contribution in [1.82, 2.24) is 30.0 Å². The topological polar surface area (TPSA) is 173 Å². The molecule has 0 radical (unpaired) electrons. The molecule has 1 aliphatic carbocycles. The fourth-order valence-corrected chi connectivity index (χ4v) is 7.90. The highest BCUT2D eigenvalue weighted by molar-refractivity contribution is 7.16. The minimum atomic E-state index is -1.15. The van der Waals surface area contributed by atoms with Crippen LogP contribution in [0.25, 0.3) is 11.6 Å². The number of aromatic nitrogens is 5. The molecule has 2 aliphatic heterocycles. The number of anilines is 2. The molecule has 6 rings (SSSR count). The second-order valence-electron chi connectivity index (χ2n) is 12.3. The second-order valence-corrected chi connectivity index (χ2v) is 13.5. The van der Waals surface area contributed by atoms with Crippen LogP contribution in [0.4, 0.5) is 15.3 Å². The quantitative estimate of drug-likeness (QED) is 0.391. The molecule has 3 N–H and O–H groups in total. The highest BCUT2D eigenvalue weighted by Crippen LogP contribution is 2.49. The summed E-state index contributed by atoms with van der Waals surface area (Å²) in [5.41, 5.74) is 5.15. The van der Waals surface area contributed by atoms with Crippen molar-refractivity contribution >= 4 is 22.3 Å². The Balaban J connectivity index is 1.39. The third-order valence-electron chi connectivity index (χ3n) is 8.97. The monoisotopic (exact) mass is 627 g/mol. The molecular formula is C29H38FN9O4S. The van der Waals surface area contributed by atoms with Gasteiger partial charge in [-0.25, -0.2) is 4.39 Å². The molecule has 44 heavy (non-hydrogen) atoms. The molecule has 13 nitrogen and oxygen atoms in total. The standard InChI is InChI=1S/C29H38FN9O4S/c1-16(19-12-17(30)14-38(19)3)42-27-35-23(34-26(36-27)39-11-6-5-9-28(2,40)15-39)24-33-25(43-37-24)29(41-4)10-7-8-20-21(29)18(13-31)22(32)44-20/h16-17,19,40H,5-12,14-15,32H2,1-4H3/t16-,17+,19-,28?,29?/m0/s1. The van der Waals surface area contributed by atoms with Gasteiger partial charge in [-0.1, -0.05) is 5.16 Å². The highest BCUT2D eigenvalue weighted by Gasteiger charge is 2.47. The summed E-state index contributed by atoms with van der Waals surface area (Å²) >= 11 is 1.38. The van der Waals surface area contributed by atoms with Gasteiger partial charge in [0.25, 0.3) is 5.89 Å². The van der Waals surface area contributed by atoms with Crippen molar-refractivity contribution in [2.24, 2.45) is 0 Å². The van der Waals surface area contributed by atoms with Crippen molar-refractivity contribution in [1.29, 1.82) is 5.26 Å². The summed E-state index contributed by atoms with van der Waals surface area (Å²) in [5.74, 6) is 0.691. The molecule has 2 saturated heterocycles. The van der Waals surface area contributed by atoms with Gasteiger partial charge in [-0.3, -0.25) is 4.90 Å². The summed E-state index contributed by atoms with van der Waals surface area (Å²) in [6.45, 7) is 4.97. The van der Waals surface area contributed by atoms with Crippen LogP contribution in [0.15, 0.2) is 4.52 Å². The van der Waals surface area contributed by atoms with Crippen molar-refractivity contribution in [3.05, 3.63) is 21.9 Å². The maximum absolute atomic E-state index is 14.2. The Morgan fingerprint density at radius 3 is 2.75 bits per heavy atom. The number of rotatable bonds is 7. The number of hydrogen-bond donors (Lipinski definition) is 2. The number of nitrogen functional groups attached to an aromatic ring is 1. The van der Waals surface area contributed by atoms with E-state index in [1.54, 1.807) is 14.0 Å². The van der Waals surface area contributed by atoms with Gasteiger partial charge in [-0.05, 0) is 65.8 Å². The van der Waals surface area contributed by atoms with Gasteiger partial charge in [0.2, 0.25) is 17.6 Å². The average Bonchev–Trinajstić information content (AvgIpc) is 3.67. The van der Waals surface area contributed by atoms with Gasteiger partial charge in [-0.2, -0.15) is 25.2 Å². The van der Waals surface area contributed by atoms with Gasteiger partial charge in [0, 0.05) is 43.2 Å². The predicted octanol–water partition coefficient (Wildman–Crippen LogP) is 3.21. The Morgan fingerprint density at radius 1 is 1.20 bits per heavy atom. The van der Waals surface area contributed by atoms with Gasteiger partial charge < -0.3 is 29.7 Å². The molecule has 0 saturated carbocycles. The van der Waals surface area contributed by atoms with E-state index in [0.717, 1.165) is 30.6 Å². The highest BCUT2D eigenvalue weighted by atomic mass is 32.1. The molecule has 2 unspecified atom stereocenters. The zero-order valence-electron chi connectivity index (χ0n) is 25.4. The maximum atomic E-state index is 14.2. The molecule has 5 atom stereocenters. The van der Waals surface area contributed by atoms with E-state index >= 15 is 0 Å². The summed E-state index contributed by atoms with van der Waals surface area (Å²) in [7, 11) is 3.42. The number of ether oxygens (including phenoxy) is 2. The van der Waals surface area contributed by atoms with Gasteiger partial charge in [0.05, 0.1) is 11.2 Å². The van der Waals surface area contributed by atoms with Crippen LogP contribution in [0.2, 0.25) is 0 Å². The lowest BCUT2D eigenvalue weighted by molar-refractivity contribution is -0.0178. The van der Waals surface area contributed by atoms with Crippen LogP contribution in [0.1, 0.15) is 74.3 Å². The van der Waals surface area contributed by atoms with Crippen LogP contribution in [0, 0.1) is 11.3 Å². The Bertz CT molecular complexity index is 1560. The molecule has 0 bridgehead atoms. The number of aryl methyl sites for hydroxylation is 1. The summed E-state index contributed by atoms with van der Waals surface area (Å²) in [6, 6.07) is 2.11. The molecule has 236 valence electrons. The molecule has 0 aromatic carbocycles. The van der Waals surface area contributed by atoms with Crippen molar-refractivity contribution in [2.75, 3.05) is 44.4 Å². The molecule has 5 heterocycles. The summed E-state index contributed by atoms with van der Waals surface area (Å²) < 4.78 is 32.2. The largest absolute Gasteiger partial charge is 0.459 e. The zero-order valence-corrected chi connectivity index (χ0v) is 26.2. The number of aliphatic hydroxyl groups is 1. The van der Waals surface area contributed by atoms with Crippen LogP contribution in [-0.4, -0.2) is 92.8 Å². The first-order valence-corrected chi connectivity index (χ1v) is 15.8. The first kappa shape index (κ1) is 30.6. The van der Waals surface area contributed by atoms with Crippen molar-refractivity contribution in [2.45, 2.75) is 88.3 Å². The third-order valence-corrected chi connectivity index (χ3v) is 10.0. The molecule has 15 heteroatoms. The number of β-amino-alcohol motifs (C(OH)–C–C–N with tert-alkyl or cyclic N) is 1. The van der Waals surface area contributed by atoms with Crippen LogP contribution in [-0.2, 0) is 16.8 Å². The first-order valence-electron chi connectivity index (χ1n) is 15.0. The Hall–Kier alpha value is -3.45. The van der Waals surface area contributed by atoms with E-state index in [-0.39, 0.29) is 29.6 Å². The smallest absolute Gasteiger partial charge is 0.322 e. The second kappa shape index (κ2) is 11.8. The Morgan fingerprint density at radius 2 is 2.02 bits per heavy atom. The Kier molecular flexibility index (Phi) is 8.20. The van der Waals surface area contributed by atoms with Crippen molar-refractivity contribution in [3.63, 3.8) is 0 Å². The van der Waals surface area contributed by atoms with E-state index in [4.69, 9.17) is 29.7 Å². The number of likely N-dealkylation sites (tertiary alicyclic amines) is 1. The average molecular weight is 628 g/mol. The fraction of sp³-hybridized carbons (Fsp3) is 0.655. The summed E-state index contributed by atoms with van der Waals surface area (Å²) in [5, 5.41) is 25.5. The van der Waals surface area contributed by atoms with Crippen molar-refractivity contribution in [3.8, 4) is 23.7 Å². The Labute approximate surface area is 259 Å². The molecule has 3 aromatic heterocycles. The number of fused-ring (bicyclic) bond motifs is 1. The molecule has 0 spiro atoms. The number of alkyl halides is 1. The number of halogens is 1. The molecule has 3 aromatic rings. The number of nitrogens with zero attached hydrogens (tertiary/aromatic N) is 8. The summed E-state index contributed by atoms with van der Waals surface area (Å²) in [6.07, 6.45) is 3.46. The van der Waals surface area contributed by atoms with E-state index < -0.39 is 23.5 Å². The SMILES string of the molecule is COC1(c2nc(-c3nc(O[C@@H](C)[C@@H]4C[C@@H](F)CN4C)nc(N4CCCCC(C)(O)C4)n3)no2)CCCc2sc(N)c(C#N)c21. The van der Waals surface area contributed by atoms with Crippen LogP contribution in [0.5, 0.6) is 6.01 Å². The maximum Gasteiger partial charge on any atom is 0.322 e. The minimum absolute atomic E-state index is 0.0437. The minimum Gasteiger partial charge on any atom is -0.459 e. The molecular weight excluding hydrogens is 589 g/mol. The zero-order chi connectivity index (χ0) is 31.2. The van der Waals surface area contributed by atoms with Gasteiger partial charge in [0.1, 0.15) is 23.3 Å². The van der Waals surface area contributed by atoms with Gasteiger partial charge >= 0.3 is 6.01 Å². The van der Waals surface area contributed by atoms with E-state index in [9.17, 15) is 14.8 Å². The number of likely N-dealkylation sites (N-methyl/N-ethyl adjacent to an activating group) is 1. The first-order chi connectivity index (χ1) is 21.0. The lowest BCUT2D eigenvalue weighted by Crippen LogP contribution is -2.40. The van der Waals surface area contributed by atoms with E-state index in [0.29, 0.717) is 61.0 Å². The number of nitrogens with two attached hydrogens (primary N) is 1. The predicted molar refractivity (Wildman–Crippen MR) is 160 cm³/mol. The fourth-order valence-electron chi connectivity index (χ4n) is 6.77. The number of methoxy groups -OCH3 is 1. The van der Waals surface area contributed by atoms with Crippen LogP contribution >= 0.6 is 11.3 Å². The third kappa shape index (κ3) is 5.60. The van der Waals surface area contributed by atoms with E-state index in [2.05, 4.69) is 21.2 Å². The van der Waals surface area contributed by atoms with Crippen LogP contribution in [0.3, 0.4) is 0 Å². The lowest BCUT2D eigenvalue weighted by atomic mass is 9.80. The summed E-state index contributed by atoms with van der Waals surface area (Å²) in [4.78, 5) is 23.4. The van der Waals surface area contributed by atoms with E-state index in [1.165, 1.54) is 11.3 Å². The lowest BCUT2D eigenvalue weighted by Gasteiger charge is -2.33. The number of nitriles is 1. The van der Waals surface area contributed by atoms with Gasteiger partial charge in [-0.15, -0.1) is 11.3 Å². The number of thiophene rings is 1. The normalized spacial score (nSPS) is 28.3. The number of hydrogen-bond acceptors (Lipinski definition) is 14. The van der Waals surface area contributed by atoms with Crippen LogP contribution < -0.4 is 15.4 Å².